The van der Waals surface area contributed by atoms with Crippen LogP contribution < -0.4 is 0 Å². The Bertz CT molecular complexity index is 291. The molecule has 0 radical (unpaired) electrons. The van der Waals surface area contributed by atoms with E-state index in [0.717, 1.165) is 11.8 Å². The standard InChI is InChI=1S/C11H18N2O2/c1-7-5-14-9(12-7)11(3,4)10-13-8(2)6-15-10/h7-8H,5-6H2,1-4H3/t7-,8-/m1/s1. The molecular formula is C11H18N2O2. The van der Waals surface area contributed by atoms with Gasteiger partial charge in [0.25, 0.3) is 0 Å². The molecule has 2 atom stereocenters. The van der Waals surface area contributed by atoms with Gasteiger partial charge < -0.3 is 9.47 Å². The first kappa shape index (κ1) is 10.5. The minimum Gasteiger partial charge on any atom is -0.478 e. The number of nitrogens with zero attached hydrogens (tertiary/aromatic N) is 2. The molecule has 0 N–H and O–H groups in total. The molecule has 0 amide bonds. The highest BCUT2D eigenvalue weighted by molar-refractivity contribution is 6.05. The molecule has 0 aliphatic carbocycles. The van der Waals surface area contributed by atoms with Gasteiger partial charge in [-0.25, -0.2) is 9.98 Å². The normalized spacial score (nSPS) is 30.7. The summed E-state index contributed by atoms with van der Waals surface area (Å²) in [5, 5.41) is 0. The second kappa shape index (κ2) is 3.51. The lowest BCUT2D eigenvalue weighted by atomic mass is 9.93. The Morgan fingerprint density at radius 2 is 1.40 bits per heavy atom. The van der Waals surface area contributed by atoms with Crippen LogP contribution in [-0.4, -0.2) is 37.1 Å². The summed E-state index contributed by atoms with van der Waals surface area (Å²) in [5.74, 6) is 1.51. The fourth-order valence-corrected chi connectivity index (χ4v) is 1.72. The fourth-order valence-electron chi connectivity index (χ4n) is 1.72. The molecule has 0 aromatic heterocycles. The average Bonchev–Trinajstić information content (AvgIpc) is 2.74. The van der Waals surface area contributed by atoms with Crippen LogP contribution in [0.4, 0.5) is 0 Å². The van der Waals surface area contributed by atoms with Gasteiger partial charge in [0.2, 0.25) is 0 Å². The van der Waals surface area contributed by atoms with Crippen molar-refractivity contribution < 1.29 is 9.47 Å². The highest BCUT2D eigenvalue weighted by atomic mass is 16.5. The van der Waals surface area contributed by atoms with Crippen LogP contribution in [0.1, 0.15) is 27.7 Å². The van der Waals surface area contributed by atoms with Crippen LogP contribution in [0, 0.1) is 5.41 Å². The van der Waals surface area contributed by atoms with E-state index in [4.69, 9.17) is 9.47 Å². The molecule has 0 saturated carbocycles. The minimum absolute atomic E-state index is 0.249. The molecule has 2 aliphatic heterocycles. The Morgan fingerprint density at radius 1 is 1.00 bits per heavy atom. The van der Waals surface area contributed by atoms with Crippen LogP contribution >= 0.6 is 0 Å². The van der Waals surface area contributed by atoms with Crippen LogP contribution in [0.2, 0.25) is 0 Å². The van der Waals surface area contributed by atoms with Crippen molar-refractivity contribution in [3.63, 3.8) is 0 Å². The summed E-state index contributed by atoms with van der Waals surface area (Å²) in [4.78, 5) is 8.93. The third kappa shape index (κ3) is 1.85. The number of ether oxygens (including phenoxy) is 2. The van der Waals surface area contributed by atoms with E-state index in [1.807, 2.05) is 27.7 Å². The van der Waals surface area contributed by atoms with Crippen molar-refractivity contribution in [2.24, 2.45) is 15.4 Å². The lowest BCUT2D eigenvalue weighted by Gasteiger charge is -2.22. The van der Waals surface area contributed by atoms with E-state index in [9.17, 15) is 0 Å². The largest absolute Gasteiger partial charge is 0.478 e. The molecule has 4 nitrogen and oxygen atoms in total. The molecule has 0 aromatic rings. The second-order valence-corrected chi connectivity index (χ2v) is 4.81. The first-order chi connectivity index (χ1) is 7.00. The maximum atomic E-state index is 5.57. The van der Waals surface area contributed by atoms with E-state index >= 15 is 0 Å². The van der Waals surface area contributed by atoms with E-state index in [-0.39, 0.29) is 17.5 Å². The summed E-state index contributed by atoms with van der Waals surface area (Å²) in [6.45, 7) is 9.51. The third-order valence-corrected chi connectivity index (χ3v) is 2.67. The van der Waals surface area contributed by atoms with Crippen LogP contribution in [0.25, 0.3) is 0 Å². The Kier molecular flexibility index (Phi) is 2.44. The van der Waals surface area contributed by atoms with E-state index < -0.39 is 0 Å². The van der Waals surface area contributed by atoms with E-state index in [1.165, 1.54) is 0 Å². The highest BCUT2D eigenvalue weighted by Crippen LogP contribution is 2.28. The number of hydrogen-bond donors (Lipinski definition) is 0. The SMILES string of the molecule is C[C@@H]1COC(C(C)(C)C2=N[C@H](C)CO2)=N1. The van der Waals surface area contributed by atoms with Crippen molar-refractivity contribution in [2.75, 3.05) is 13.2 Å². The first-order valence-corrected chi connectivity index (χ1v) is 5.42. The Labute approximate surface area is 90.4 Å². The summed E-state index contributed by atoms with van der Waals surface area (Å²) in [7, 11) is 0. The summed E-state index contributed by atoms with van der Waals surface area (Å²) < 4.78 is 11.1. The van der Waals surface area contributed by atoms with Crippen molar-refractivity contribution in [1.29, 1.82) is 0 Å². The van der Waals surface area contributed by atoms with E-state index in [0.29, 0.717) is 13.2 Å². The van der Waals surface area contributed by atoms with Gasteiger partial charge in [-0.1, -0.05) is 0 Å². The van der Waals surface area contributed by atoms with Gasteiger partial charge in [0.15, 0.2) is 11.8 Å². The average molecular weight is 210 g/mol. The highest BCUT2D eigenvalue weighted by Gasteiger charge is 2.39. The molecule has 4 heteroatoms. The van der Waals surface area contributed by atoms with Gasteiger partial charge in [-0.2, -0.15) is 0 Å². The van der Waals surface area contributed by atoms with Gasteiger partial charge in [-0.3, -0.25) is 0 Å². The third-order valence-electron chi connectivity index (χ3n) is 2.67. The van der Waals surface area contributed by atoms with Crippen molar-refractivity contribution in [1.82, 2.24) is 0 Å². The molecule has 0 aromatic carbocycles. The van der Waals surface area contributed by atoms with Crippen LogP contribution in [-0.2, 0) is 9.47 Å². The van der Waals surface area contributed by atoms with E-state index in [2.05, 4.69) is 9.98 Å². The van der Waals surface area contributed by atoms with Crippen molar-refractivity contribution in [3.8, 4) is 0 Å². The monoisotopic (exact) mass is 210 g/mol. The smallest absolute Gasteiger partial charge is 0.199 e. The summed E-state index contributed by atoms with van der Waals surface area (Å²) in [6, 6.07) is 0.498. The molecule has 0 fully saturated rings. The molecule has 0 bridgehead atoms. The predicted octanol–water partition coefficient (Wildman–Crippen LogP) is 1.65. The maximum absolute atomic E-state index is 5.57. The van der Waals surface area contributed by atoms with Gasteiger partial charge in [0, 0.05) is 0 Å². The van der Waals surface area contributed by atoms with Gasteiger partial charge in [0.1, 0.15) is 18.6 Å². The van der Waals surface area contributed by atoms with Crippen molar-refractivity contribution >= 4 is 11.8 Å². The van der Waals surface area contributed by atoms with Crippen LogP contribution in [0.3, 0.4) is 0 Å². The van der Waals surface area contributed by atoms with Gasteiger partial charge in [-0.15, -0.1) is 0 Å². The molecular weight excluding hydrogens is 192 g/mol. The first-order valence-electron chi connectivity index (χ1n) is 5.42. The molecule has 2 aliphatic rings. The van der Waals surface area contributed by atoms with Crippen molar-refractivity contribution in [2.45, 2.75) is 39.8 Å². The lowest BCUT2D eigenvalue weighted by Crippen LogP contribution is -2.34. The van der Waals surface area contributed by atoms with Gasteiger partial charge in [-0.05, 0) is 27.7 Å². The predicted molar refractivity (Wildman–Crippen MR) is 59.5 cm³/mol. The van der Waals surface area contributed by atoms with E-state index in [1.54, 1.807) is 0 Å². The Balaban J connectivity index is 2.20. The fraction of sp³-hybridized carbons (Fsp3) is 0.818. The molecule has 84 valence electrons. The summed E-state index contributed by atoms with van der Waals surface area (Å²) >= 11 is 0. The minimum atomic E-state index is -0.324. The Morgan fingerprint density at radius 3 is 1.67 bits per heavy atom. The Hall–Kier alpha value is -1.06. The maximum Gasteiger partial charge on any atom is 0.199 e. The number of aliphatic imine (C=N–C) groups is 2. The summed E-state index contributed by atoms with van der Waals surface area (Å²) in [5.41, 5.74) is -0.324. The second-order valence-electron chi connectivity index (χ2n) is 4.81. The zero-order valence-electron chi connectivity index (χ0n) is 9.78. The number of rotatable bonds is 2. The molecule has 15 heavy (non-hydrogen) atoms. The molecule has 0 unspecified atom stereocenters. The lowest BCUT2D eigenvalue weighted by molar-refractivity contribution is 0.267. The molecule has 2 heterocycles. The van der Waals surface area contributed by atoms with Crippen molar-refractivity contribution in [3.05, 3.63) is 0 Å². The zero-order chi connectivity index (χ0) is 11.1. The van der Waals surface area contributed by atoms with Gasteiger partial charge >= 0.3 is 0 Å². The van der Waals surface area contributed by atoms with Gasteiger partial charge in [0.05, 0.1) is 12.1 Å². The number of hydrogen-bond acceptors (Lipinski definition) is 4. The van der Waals surface area contributed by atoms with Crippen LogP contribution in [0.15, 0.2) is 9.98 Å². The molecule has 2 rings (SSSR count). The molecule has 0 spiro atoms. The molecule has 0 saturated heterocycles. The van der Waals surface area contributed by atoms with Crippen LogP contribution in [0.5, 0.6) is 0 Å². The quantitative estimate of drug-likeness (QED) is 0.695. The summed E-state index contributed by atoms with van der Waals surface area (Å²) in [6.07, 6.45) is 0. The zero-order valence-corrected chi connectivity index (χ0v) is 9.78. The topological polar surface area (TPSA) is 43.2 Å².